The number of hydrogen-bond acceptors (Lipinski definition) is 5. The number of hydrogen-bond donors (Lipinski definition) is 1. The molecule has 0 saturated carbocycles. The number of aliphatic hydroxyl groups is 1. The zero-order chi connectivity index (χ0) is 22.7. The summed E-state index contributed by atoms with van der Waals surface area (Å²) in [5.41, 5.74) is -1.21. The molecule has 2 rings (SSSR count). The summed E-state index contributed by atoms with van der Waals surface area (Å²) in [6.07, 6.45) is 10.0. The predicted molar refractivity (Wildman–Crippen MR) is 121 cm³/mol. The molecule has 1 N–H and O–H groups in total. The molecule has 1 aromatic rings. The van der Waals surface area contributed by atoms with Crippen molar-refractivity contribution >= 4 is 17.5 Å². The van der Waals surface area contributed by atoms with Gasteiger partial charge in [0.25, 0.3) is 0 Å². The van der Waals surface area contributed by atoms with Crippen LogP contribution in [0.2, 0.25) is 0 Å². The third kappa shape index (κ3) is 6.49. The second-order valence-electron chi connectivity index (χ2n) is 8.69. The van der Waals surface area contributed by atoms with Crippen molar-refractivity contribution in [3.8, 4) is 0 Å². The van der Waals surface area contributed by atoms with Crippen molar-refractivity contribution < 1.29 is 24.2 Å². The van der Waals surface area contributed by atoms with E-state index in [0.29, 0.717) is 24.0 Å². The molecule has 0 amide bonds. The molecular weight excluding hydrogens is 392 g/mol. The normalized spacial score (nSPS) is 15.7. The van der Waals surface area contributed by atoms with Crippen LogP contribution in [0.5, 0.6) is 0 Å². The van der Waals surface area contributed by atoms with Crippen LogP contribution in [0.3, 0.4) is 0 Å². The van der Waals surface area contributed by atoms with Crippen LogP contribution >= 0.6 is 0 Å². The Morgan fingerprint density at radius 3 is 1.87 bits per heavy atom. The van der Waals surface area contributed by atoms with Gasteiger partial charge in [0.1, 0.15) is 0 Å². The number of benzene rings is 1. The minimum absolute atomic E-state index is 0.165. The summed E-state index contributed by atoms with van der Waals surface area (Å²) in [5.74, 6) is -1.77. The summed E-state index contributed by atoms with van der Waals surface area (Å²) >= 11 is 0. The van der Waals surface area contributed by atoms with E-state index in [9.17, 15) is 19.5 Å². The lowest BCUT2D eigenvalue weighted by Crippen LogP contribution is -2.48. The molecule has 1 aliphatic rings. The first-order valence-electron chi connectivity index (χ1n) is 12.1. The van der Waals surface area contributed by atoms with Gasteiger partial charge in [-0.2, -0.15) is 0 Å². The number of ketones is 2. The van der Waals surface area contributed by atoms with Gasteiger partial charge in [-0.3, -0.25) is 9.59 Å². The summed E-state index contributed by atoms with van der Waals surface area (Å²) < 4.78 is 5.58. The SMILES string of the molecule is CCCCCCCCC(O)C(=O)OC1(CCCCCCC)C(=O)c2ccccc2C1=O. The van der Waals surface area contributed by atoms with Gasteiger partial charge in [-0.1, -0.05) is 102 Å². The van der Waals surface area contributed by atoms with E-state index in [1.54, 1.807) is 24.3 Å². The maximum atomic E-state index is 13.2. The Bertz CT molecular complexity index is 704. The molecule has 1 aromatic carbocycles. The summed E-state index contributed by atoms with van der Waals surface area (Å²) in [7, 11) is 0. The van der Waals surface area contributed by atoms with Gasteiger partial charge >= 0.3 is 5.97 Å². The highest BCUT2D eigenvalue weighted by Crippen LogP contribution is 2.37. The van der Waals surface area contributed by atoms with Crippen LogP contribution in [0.25, 0.3) is 0 Å². The Morgan fingerprint density at radius 1 is 0.839 bits per heavy atom. The van der Waals surface area contributed by atoms with E-state index in [4.69, 9.17) is 4.74 Å². The van der Waals surface area contributed by atoms with Crippen molar-refractivity contribution in [3.05, 3.63) is 35.4 Å². The molecule has 31 heavy (non-hydrogen) atoms. The number of Topliss-reactive ketones (excluding diaryl/α,β-unsaturated/α-hetero) is 2. The third-order valence-corrected chi connectivity index (χ3v) is 6.16. The van der Waals surface area contributed by atoms with Crippen LogP contribution in [0, 0.1) is 0 Å². The lowest BCUT2D eigenvalue weighted by atomic mass is 9.90. The van der Waals surface area contributed by atoms with E-state index >= 15 is 0 Å². The molecule has 0 bridgehead atoms. The lowest BCUT2D eigenvalue weighted by molar-refractivity contribution is -0.162. The van der Waals surface area contributed by atoms with E-state index in [2.05, 4.69) is 13.8 Å². The highest BCUT2D eigenvalue weighted by atomic mass is 16.6. The minimum Gasteiger partial charge on any atom is -0.440 e. The van der Waals surface area contributed by atoms with Crippen molar-refractivity contribution in [1.29, 1.82) is 0 Å². The van der Waals surface area contributed by atoms with Gasteiger partial charge in [-0.05, 0) is 12.8 Å². The predicted octanol–water partition coefficient (Wildman–Crippen LogP) is 5.82. The number of carbonyl (C=O) groups excluding carboxylic acids is 3. The standard InChI is InChI=1S/C26H38O5/c1-3-5-7-9-10-12-18-22(27)25(30)31-26(19-15-11-8-6-4-2)23(28)20-16-13-14-17-21(20)24(26)29/h13-14,16-17,22,27H,3-12,15,18-19H2,1-2H3. The zero-order valence-corrected chi connectivity index (χ0v) is 19.2. The highest BCUT2D eigenvalue weighted by Gasteiger charge is 2.56. The molecule has 0 fully saturated rings. The average Bonchev–Trinajstić information content (AvgIpc) is 2.98. The second kappa shape index (κ2) is 12.7. The largest absolute Gasteiger partial charge is 0.440 e. The third-order valence-electron chi connectivity index (χ3n) is 6.16. The molecule has 172 valence electrons. The van der Waals surface area contributed by atoms with Gasteiger partial charge in [-0.15, -0.1) is 0 Å². The van der Waals surface area contributed by atoms with Crippen molar-refractivity contribution in [1.82, 2.24) is 0 Å². The molecule has 0 radical (unpaired) electrons. The molecule has 1 unspecified atom stereocenters. The van der Waals surface area contributed by atoms with E-state index < -0.39 is 29.2 Å². The Balaban J connectivity index is 2.03. The number of carbonyl (C=O) groups is 3. The van der Waals surface area contributed by atoms with Gasteiger partial charge in [-0.25, -0.2) is 4.79 Å². The second-order valence-corrected chi connectivity index (χ2v) is 8.69. The van der Waals surface area contributed by atoms with E-state index in [1.807, 2.05) is 0 Å². The van der Waals surface area contributed by atoms with Crippen molar-refractivity contribution in [2.24, 2.45) is 0 Å². The Morgan fingerprint density at radius 2 is 1.32 bits per heavy atom. The number of ether oxygens (including phenoxy) is 1. The molecule has 0 saturated heterocycles. The molecular formula is C26H38O5. The summed E-state index contributed by atoms with van der Waals surface area (Å²) in [4.78, 5) is 39.0. The van der Waals surface area contributed by atoms with Crippen LogP contribution in [0.1, 0.15) is 118 Å². The van der Waals surface area contributed by atoms with Gasteiger partial charge in [0.2, 0.25) is 17.2 Å². The molecule has 0 aromatic heterocycles. The number of unbranched alkanes of at least 4 members (excludes halogenated alkanes) is 9. The van der Waals surface area contributed by atoms with Crippen LogP contribution in [0.4, 0.5) is 0 Å². The molecule has 5 heteroatoms. The van der Waals surface area contributed by atoms with Crippen molar-refractivity contribution in [2.75, 3.05) is 0 Å². The first kappa shape index (κ1) is 25.3. The molecule has 0 spiro atoms. The maximum absolute atomic E-state index is 13.2. The molecule has 0 heterocycles. The molecule has 0 aliphatic heterocycles. The van der Waals surface area contributed by atoms with E-state index in [-0.39, 0.29) is 12.8 Å². The van der Waals surface area contributed by atoms with Crippen LogP contribution in [0.15, 0.2) is 24.3 Å². The van der Waals surface area contributed by atoms with Gasteiger partial charge in [0.15, 0.2) is 6.10 Å². The first-order valence-corrected chi connectivity index (χ1v) is 12.1. The number of esters is 1. The van der Waals surface area contributed by atoms with Gasteiger partial charge in [0.05, 0.1) is 0 Å². The van der Waals surface area contributed by atoms with Gasteiger partial charge in [0, 0.05) is 17.5 Å². The first-order chi connectivity index (χ1) is 15.0. The van der Waals surface area contributed by atoms with Crippen molar-refractivity contribution in [2.45, 2.75) is 109 Å². The summed E-state index contributed by atoms with van der Waals surface area (Å²) in [5, 5.41) is 10.3. The number of fused-ring (bicyclic) bond motifs is 1. The molecule has 5 nitrogen and oxygen atoms in total. The van der Waals surface area contributed by atoms with Gasteiger partial charge < -0.3 is 9.84 Å². The smallest absolute Gasteiger partial charge is 0.336 e. The fourth-order valence-corrected chi connectivity index (χ4v) is 4.24. The average molecular weight is 431 g/mol. The summed E-state index contributed by atoms with van der Waals surface area (Å²) in [6.45, 7) is 4.28. The minimum atomic E-state index is -1.82. The fourth-order valence-electron chi connectivity index (χ4n) is 4.24. The van der Waals surface area contributed by atoms with E-state index in [0.717, 1.165) is 44.9 Å². The topological polar surface area (TPSA) is 80.7 Å². The number of rotatable bonds is 15. The van der Waals surface area contributed by atoms with E-state index in [1.165, 1.54) is 12.8 Å². The van der Waals surface area contributed by atoms with Crippen molar-refractivity contribution in [3.63, 3.8) is 0 Å². The Kier molecular flexibility index (Phi) is 10.4. The zero-order valence-electron chi connectivity index (χ0n) is 19.2. The molecule has 1 aliphatic carbocycles. The Labute approximate surface area is 186 Å². The highest BCUT2D eigenvalue weighted by molar-refractivity contribution is 6.32. The monoisotopic (exact) mass is 430 g/mol. The number of aliphatic hydroxyl groups excluding tert-OH is 1. The maximum Gasteiger partial charge on any atom is 0.336 e. The van der Waals surface area contributed by atoms with Crippen LogP contribution in [-0.2, 0) is 9.53 Å². The quantitative estimate of drug-likeness (QED) is 0.215. The van der Waals surface area contributed by atoms with Crippen LogP contribution in [-0.4, -0.2) is 34.3 Å². The fraction of sp³-hybridized carbons (Fsp3) is 0.654. The lowest BCUT2D eigenvalue weighted by Gasteiger charge is -2.27. The summed E-state index contributed by atoms with van der Waals surface area (Å²) in [6, 6.07) is 6.62. The molecule has 1 atom stereocenters. The Hall–Kier alpha value is -2.01. The van der Waals surface area contributed by atoms with Crippen LogP contribution < -0.4 is 0 Å².